The Morgan fingerprint density at radius 2 is 1.86 bits per heavy atom. The fraction of sp³-hybridized carbons (Fsp3) is 0.765. The first kappa shape index (κ1) is 13.4. The maximum Gasteiger partial charge on any atom is 0.257 e. The predicted molar refractivity (Wildman–Crippen MR) is 80.9 cm³/mol. The SMILES string of the molecule is Cc1[nH]ncc1C(=O)N(C)CC12CC3CC(CC(C3)C1)C2. The normalized spacial score (nSPS) is 37.0. The molecule has 4 aliphatic carbocycles. The number of hydrogen-bond donors (Lipinski definition) is 1. The van der Waals surface area contributed by atoms with Crippen LogP contribution in [0.25, 0.3) is 0 Å². The van der Waals surface area contributed by atoms with Gasteiger partial charge in [0.25, 0.3) is 5.91 Å². The number of aryl methyl sites for hydroxylation is 1. The number of H-pyrrole nitrogens is 1. The molecule has 4 heteroatoms. The molecular weight excluding hydrogens is 262 g/mol. The van der Waals surface area contributed by atoms with Crippen LogP contribution in [0.15, 0.2) is 6.20 Å². The average Bonchev–Trinajstić information content (AvgIpc) is 2.81. The molecule has 4 fully saturated rings. The molecule has 4 saturated carbocycles. The van der Waals surface area contributed by atoms with Crippen LogP contribution in [0.5, 0.6) is 0 Å². The van der Waals surface area contributed by atoms with Crippen molar-refractivity contribution in [3.63, 3.8) is 0 Å². The van der Waals surface area contributed by atoms with E-state index in [1.165, 1.54) is 38.5 Å². The van der Waals surface area contributed by atoms with Gasteiger partial charge in [-0.2, -0.15) is 5.10 Å². The Balaban J connectivity index is 1.51. The predicted octanol–water partition coefficient (Wildman–Crippen LogP) is 3.01. The highest BCUT2D eigenvalue weighted by atomic mass is 16.2. The Morgan fingerprint density at radius 3 is 2.33 bits per heavy atom. The quantitative estimate of drug-likeness (QED) is 0.929. The van der Waals surface area contributed by atoms with E-state index in [2.05, 4.69) is 10.2 Å². The number of carbonyl (C=O) groups excluding carboxylic acids is 1. The Bertz CT molecular complexity index is 527. The highest BCUT2D eigenvalue weighted by Gasteiger charge is 2.51. The summed E-state index contributed by atoms with van der Waals surface area (Å²) in [5, 5.41) is 6.85. The van der Waals surface area contributed by atoms with E-state index in [0.717, 1.165) is 35.6 Å². The molecule has 0 unspecified atom stereocenters. The highest BCUT2D eigenvalue weighted by Crippen LogP contribution is 2.60. The second-order valence-corrected chi connectivity index (χ2v) is 7.99. The number of aromatic amines is 1. The largest absolute Gasteiger partial charge is 0.341 e. The molecule has 0 aliphatic heterocycles. The van der Waals surface area contributed by atoms with E-state index in [0.29, 0.717) is 5.41 Å². The third-order valence-electron chi connectivity index (χ3n) is 6.14. The van der Waals surface area contributed by atoms with Crippen LogP contribution < -0.4 is 0 Å². The van der Waals surface area contributed by atoms with E-state index in [-0.39, 0.29) is 5.91 Å². The van der Waals surface area contributed by atoms with Crippen LogP contribution in [0, 0.1) is 30.1 Å². The van der Waals surface area contributed by atoms with Gasteiger partial charge in [-0.3, -0.25) is 9.89 Å². The summed E-state index contributed by atoms with van der Waals surface area (Å²) in [5.41, 5.74) is 2.01. The molecule has 0 atom stereocenters. The number of hydrogen-bond acceptors (Lipinski definition) is 2. The minimum absolute atomic E-state index is 0.122. The lowest BCUT2D eigenvalue weighted by molar-refractivity contribution is -0.0629. The van der Waals surface area contributed by atoms with Crippen molar-refractivity contribution in [2.24, 2.45) is 23.2 Å². The van der Waals surface area contributed by atoms with Crippen LogP contribution in [0.4, 0.5) is 0 Å². The maximum atomic E-state index is 12.6. The Morgan fingerprint density at radius 1 is 1.29 bits per heavy atom. The fourth-order valence-electron chi connectivity index (χ4n) is 5.83. The summed E-state index contributed by atoms with van der Waals surface area (Å²) in [7, 11) is 1.97. The zero-order chi connectivity index (χ0) is 14.6. The Kier molecular flexibility index (Phi) is 2.92. The van der Waals surface area contributed by atoms with Gasteiger partial charge in [0.1, 0.15) is 0 Å². The molecule has 0 radical (unpaired) electrons. The third-order valence-corrected chi connectivity index (χ3v) is 6.14. The van der Waals surface area contributed by atoms with Crippen LogP contribution >= 0.6 is 0 Å². The Hall–Kier alpha value is -1.32. The second kappa shape index (κ2) is 4.59. The number of amides is 1. The lowest BCUT2D eigenvalue weighted by Gasteiger charge is -2.57. The van der Waals surface area contributed by atoms with Crippen LogP contribution in [-0.2, 0) is 0 Å². The number of carbonyl (C=O) groups is 1. The van der Waals surface area contributed by atoms with Gasteiger partial charge in [-0.25, -0.2) is 0 Å². The van der Waals surface area contributed by atoms with Gasteiger partial charge in [0.05, 0.1) is 11.8 Å². The van der Waals surface area contributed by atoms with Gasteiger partial charge in [-0.1, -0.05) is 0 Å². The summed E-state index contributed by atoms with van der Waals surface area (Å²) in [4.78, 5) is 14.6. The van der Waals surface area contributed by atoms with Gasteiger partial charge in [-0.05, 0) is 68.6 Å². The summed E-state index contributed by atoms with van der Waals surface area (Å²) in [6, 6.07) is 0. The molecule has 0 aromatic carbocycles. The molecular formula is C17H25N3O. The lowest BCUT2D eigenvalue weighted by atomic mass is 9.49. The van der Waals surface area contributed by atoms with Crippen molar-refractivity contribution in [3.8, 4) is 0 Å². The van der Waals surface area contributed by atoms with Crippen molar-refractivity contribution < 1.29 is 4.79 Å². The van der Waals surface area contributed by atoms with Gasteiger partial charge >= 0.3 is 0 Å². The molecule has 114 valence electrons. The molecule has 0 saturated heterocycles. The van der Waals surface area contributed by atoms with Crippen molar-refractivity contribution in [3.05, 3.63) is 17.5 Å². The van der Waals surface area contributed by atoms with E-state index in [1.54, 1.807) is 6.20 Å². The van der Waals surface area contributed by atoms with Crippen LogP contribution in [0.2, 0.25) is 0 Å². The van der Waals surface area contributed by atoms with E-state index >= 15 is 0 Å². The average molecular weight is 287 g/mol. The standard InChI is InChI=1S/C17H25N3O/c1-11-15(9-18-19-11)16(21)20(2)10-17-6-12-3-13(7-17)5-14(4-12)8-17/h9,12-14H,3-8,10H2,1-2H3,(H,18,19). The van der Waals surface area contributed by atoms with E-state index < -0.39 is 0 Å². The molecule has 0 spiro atoms. The first-order valence-electron chi connectivity index (χ1n) is 8.30. The maximum absolute atomic E-state index is 12.6. The Labute approximate surface area is 126 Å². The third kappa shape index (κ3) is 2.19. The molecule has 1 aromatic rings. The smallest absolute Gasteiger partial charge is 0.257 e. The van der Waals surface area contributed by atoms with Crippen LogP contribution in [0.3, 0.4) is 0 Å². The van der Waals surface area contributed by atoms with Gasteiger partial charge < -0.3 is 4.90 Å². The summed E-state index contributed by atoms with van der Waals surface area (Å²) >= 11 is 0. The molecule has 5 rings (SSSR count). The van der Waals surface area contributed by atoms with E-state index in [9.17, 15) is 4.79 Å². The van der Waals surface area contributed by atoms with Crippen LogP contribution in [-0.4, -0.2) is 34.6 Å². The molecule has 1 heterocycles. The summed E-state index contributed by atoms with van der Waals surface area (Å²) in [5.74, 6) is 2.94. The number of aromatic nitrogens is 2. The molecule has 1 aromatic heterocycles. The number of nitrogens with one attached hydrogen (secondary N) is 1. The molecule has 1 amide bonds. The van der Waals surface area contributed by atoms with Crippen molar-refractivity contribution in [1.29, 1.82) is 0 Å². The van der Waals surface area contributed by atoms with Crippen molar-refractivity contribution in [1.82, 2.24) is 15.1 Å². The summed E-state index contributed by atoms with van der Waals surface area (Å²) in [6.07, 6.45) is 10.1. The topological polar surface area (TPSA) is 49.0 Å². The molecule has 4 bridgehead atoms. The lowest BCUT2D eigenvalue weighted by Crippen LogP contribution is -2.51. The van der Waals surface area contributed by atoms with Gasteiger partial charge in [0.15, 0.2) is 0 Å². The molecule has 1 N–H and O–H groups in total. The van der Waals surface area contributed by atoms with Crippen molar-refractivity contribution >= 4 is 5.91 Å². The zero-order valence-electron chi connectivity index (χ0n) is 13.1. The highest BCUT2D eigenvalue weighted by molar-refractivity contribution is 5.94. The monoisotopic (exact) mass is 287 g/mol. The zero-order valence-corrected chi connectivity index (χ0v) is 13.1. The second-order valence-electron chi connectivity index (χ2n) is 7.99. The van der Waals surface area contributed by atoms with Crippen LogP contribution in [0.1, 0.15) is 54.6 Å². The summed E-state index contributed by atoms with van der Waals surface area (Å²) in [6.45, 7) is 2.85. The van der Waals surface area contributed by atoms with E-state index in [4.69, 9.17) is 0 Å². The number of rotatable bonds is 3. The first-order valence-corrected chi connectivity index (χ1v) is 8.30. The van der Waals surface area contributed by atoms with Gasteiger partial charge in [0, 0.05) is 19.3 Å². The fourth-order valence-corrected chi connectivity index (χ4v) is 5.83. The molecule has 21 heavy (non-hydrogen) atoms. The van der Waals surface area contributed by atoms with Gasteiger partial charge in [0.2, 0.25) is 0 Å². The molecule has 4 aliphatic rings. The van der Waals surface area contributed by atoms with Gasteiger partial charge in [-0.15, -0.1) is 0 Å². The number of nitrogens with zero attached hydrogens (tertiary/aromatic N) is 2. The van der Waals surface area contributed by atoms with E-state index in [1.807, 2.05) is 18.9 Å². The first-order chi connectivity index (χ1) is 10.0. The summed E-state index contributed by atoms with van der Waals surface area (Å²) < 4.78 is 0. The van der Waals surface area contributed by atoms with Crippen molar-refractivity contribution in [2.45, 2.75) is 45.4 Å². The minimum Gasteiger partial charge on any atom is -0.341 e. The molecule has 4 nitrogen and oxygen atoms in total. The van der Waals surface area contributed by atoms with Crippen molar-refractivity contribution in [2.75, 3.05) is 13.6 Å². The minimum atomic E-state index is 0.122.